The van der Waals surface area contributed by atoms with Crippen LogP contribution in [-0.2, 0) is 4.74 Å². The molecule has 0 aromatic carbocycles. The normalized spacial score (nSPS) is 23.6. The Labute approximate surface area is 83.0 Å². The zero-order valence-electron chi connectivity index (χ0n) is 8.27. The average molecular weight is 205 g/mol. The molecule has 14 heavy (non-hydrogen) atoms. The van der Waals surface area contributed by atoms with E-state index in [1.807, 2.05) is 0 Å². The molecule has 2 fully saturated rings. The summed E-state index contributed by atoms with van der Waals surface area (Å²) in [7, 11) is 0. The summed E-state index contributed by atoms with van der Waals surface area (Å²) in [6, 6.07) is 0.338. The van der Waals surface area contributed by atoms with Crippen LogP contribution in [0.15, 0.2) is 0 Å². The van der Waals surface area contributed by atoms with Gasteiger partial charge in [-0.2, -0.15) is 0 Å². The van der Waals surface area contributed by atoms with E-state index in [1.54, 1.807) is 0 Å². The van der Waals surface area contributed by atoms with Gasteiger partial charge in [0.15, 0.2) is 0 Å². The van der Waals surface area contributed by atoms with E-state index in [9.17, 15) is 8.78 Å². The van der Waals surface area contributed by atoms with E-state index >= 15 is 0 Å². The number of rotatable bonds is 6. The maximum absolute atomic E-state index is 13.1. The van der Waals surface area contributed by atoms with Crippen LogP contribution in [-0.4, -0.2) is 31.2 Å². The van der Waals surface area contributed by atoms with Gasteiger partial charge in [0.25, 0.3) is 5.92 Å². The highest BCUT2D eigenvalue weighted by atomic mass is 19.3. The lowest BCUT2D eigenvalue weighted by atomic mass is 9.96. The van der Waals surface area contributed by atoms with Gasteiger partial charge in [0, 0.05) is 6.04 Å². The second-order valence-corrected chi connectivity index (χ2v) is 4.38. The molecule has 0 spiro atoms. The monoisotopic (exact) mass is 205 g/mol. The molecule has 1 N–H and O–H groups in total. The third-order valence-electron chi connectivity index (χ3n) is 2.81. The van der Waals surface area contributed by atoms with Gasteiger partial charge in [-0.05, 0) is 32.1 Å². The van der Waals surface area contributed by atoms with Crippen molar-refractivity contribution < 1.29 is 13.5 Å². The van der Waals surface area contributed by atoms with E-state index in [0.29, 0.717) is 6.04 Å². The van der Waals surface area contributed by atoms with Gasteiger partial charge in [-0.1, -0.05) is 0 Å². The highest BCUT2D eigenvalue weighted by Gasteiger charge is 2.34. The molecule has 0 bridgehead atoms. The Morgan fingerprint density at radius 2 is 1.93 bits per heavy atom. The summed E-state index contributed by atoms with van der Waals surface area (Å²) in [5.41, 5.74) is 0. The van der Waals surface area contributed by atoms with Crippen molar-refractivity contribution in [1.82, 2.24) is 5.32 Å². The zero-order valence-corrected chi connectivity index (χ0v) is 8.27. The molecule has 82 valence electrons. The van der Waals surface area contributed by atoms with E-state index in [4.69, 9.17) is 4.74 Å². The average Bonchev–Trinajstić information content (AvgIpc) is 2.80. The minimum absolute atomic E-state index is 0.0989. The molecule has 2 aliphatic rings. The van der Waals surface area contributed by atoms with Gasteiger partial charge >= 0.3 is 0 Å². The molecule has 0 amide bonds. The van der Waals surface area contributed by atoms with Crippen LogP contribution in [0, 0.1) is 0 Å². The fourth-order valence-corrected chi connectivity index (χ4v) is 1.41. The van der Waals surface area contributed by atoms with Crippen LogP contribution in [0.25, 0.3) is 0 Å². The molecule has 0 heterocycles. The molecule has 0 saturated heterocycles. The van der Waals surface area contributed by atoms with Gasteiger partial charge in [0.2, 0.25) is 0 Å². The Hall–Kier alpha value is -0.220. The molecule has 0 aromatic heterocycles. The van der Waals surface area contributed by atoms with Crippen LogP contribution in [0.3, 0.4) is 0 Å². The summed E-state index contributed by atoms with van der Waals surface area (Å²) in [5, 5.41) is 2.83. The van der Waals surface area contributed by atoms with Gasteiger partial charge in [0.1, 0.15) is 6.61 Å². The molecule has 4 heteroatoms. The van der Waals surface area contributed by atoms with E-state index in [-0.39, 0.29) is 12.6 Å². The molecule has 0 unspecified atom stereocenters. The van der Waals surface area contributed by atoms with Crippen LogP contribution in [0.4, 0.5) is 8.78 Å². The van der Waals surface area contributed by atoms with E-state index in [2.05, 4.69) is 5.32 Å². The predicted octanol–water partition coefficient (Wildman–Crippen LogP) is 1.94. The molecule has 0 radical (unpaired) electrons. The van der Waals surface area contributed by atoms with Crippen molar-refractivity contribution >= 4 is 0 Å². The zero-order chi connectivity index (χ0) is 10.0. The molecule has 0 aliphatic heterocycles. The second-order valence-electron chi connectivity index (χ2n) is 4.38. The highest BCUT2D eigenvalue weighted by molar-refractivity contribution is 4.84. The van der Waals surface area contributed by atoms with Crippen LogP contribution < -0.4 is 5.32 Å². The molecule has 0 aromatic rings. The summed E-state index contributed by atoms with van der Waals surface area (Å²) >= 11 is 0. The summed E-state index contributed by atoms with van der Waals surface area (Å²) in [6.07, 6.45) is 5.20. The number of ether oxygens (including phenoxy) is 1. The van der Waals surface area contributed by atoms with Crippen molar-refractivity contribution in [1.29, 1.82) is 0 Å². The Morgan fingerprint density at radius 1 is 1.21 bits per heavy atom. The maximum atomic E-state index is 13.1. The fraction of sp³-hybridized carbons (Fsp3) is 1.00. The summed E-state index contributed by atoms with van der Waals surface area (Å²) in [5.74, 6) is -2.70. The first-order valence-corrected chi connectivity index (χ1v) is 5.38. The molecular formula is C10H17F2NO. The predicted molar refractivity (Wildman–Crippen MR) is 49.6 cm³/mol. The minimum Gasteiger partial charge on any atom is -0.372 e. The number of hydrogen-bond acceptors (Lipinski definition) is 2. The number of halogens is 2. The SMILES string of the molecule is FC(F)(CNC1CC1)COC1CCC1. The van der Waals surface area contributed by atoms with Crippen molar-refractivity contribution in [3.63, 3.8) is 0 Å². The first-order chi connectivity index (χ1) is 6.66. The van der Waals surface area contributed by atoms with Crippen molar-refractivity contribution in [2.45, 2.75) is 50.2 Å². The van der Waals surface area contributed by atoms with Crippen molar-refractivity contribution in [2.75, 3.05) is 13.2 Å². The minimum atomic E-state index is -2.70. The lowest BCUT2D eigenvalue weighted by Crippen LogP contribution is -2.39. The Balaban J connectivity index is 1.59. The molecule has 2 nitrogen and oxygen atoms in total. The largest absolute Gasteiger partial charge is 0.372 e. The lowest BCUT2D eigenvalue weighted by Gasteiger charge is -2.28. The standard InChI is InChI=1S/C10H17F2NO/c11-10(12,6-13-8-4-5-8)7-14-9-2-1-3-9/h8-9,13H,1-7H2. The van der Waals surface area contributed by atoms with Gasteiger partial charge in [-0.25, -0.2) is 8.78 Å². The van der Waals surface area contributed by atoms with Crippen LogP contribution in [0.5, 0.6) is 0 Å². The Kier molecular flexibility index (Phi) is 3.02. The summed E-state index contributed by atoms with van der Waals surface area (Å²) in [4.78, 5) is 0. The van der Waals surface area contributed by atoms with Gasteiger partial charge < -0.3 is 10.1 Å². The van der Waals surface area contributed by atoms with Crippen LogP contribution in [0.1, 0.15) is 32.1 Å². The number of alkyl halides is 2. The van der Waals surface area contributed by atoms with Gasteiger partial charge in [-0.15, -0.1) is 0 Å². The highest BCUT2D eigenvalue weighted by Crippen LogP contribution is 2.25. The first-order valence-electron chi connectivity index (χ1n) is 5.38. The smallest absolute Gasteiger partial charge is 0.283 e. The van der Waals surface area contributed by atoms with Crippen LogP contribution >= 0.6 is 0 Å². The third kappa shape index (κ3) is 3.17. The topological polar surface area (TPSA) is 21.3 Å². The maximum Gasteiger partial charge on any atom is 0.283 e. The second kappa shape index (κ2) is 4.11. The Morgan fingerprint density at radius 3 is 2.43 bits per heavy atom. The quantitative estimate of drug-likeness (QED) is 0.715. The molecular weight excluding hydrogens is 188 g/mol. The molecule has 2 rings (SSSR count). The van der Waals surface area contributed by atoms with E-state index in [1.165, 1.54) is 0 Å². The van der Waals surface area contributed by atoms with Crippen molar-refractivity contribution in [3.8, 4) is 0 Å². The Bertz CT molecular complexity index is 191. The fourth-order valence-electron chi connectivity index (χ4n) is 1.41. The number of hydrogen-bond donors (Lipinski definition) is 1. The third-order valence-corrected chi connectivity index (χ3v) is 2.81. The molecule has 0 atom stereocenters. The van der Waals surface area contributed by atoms with Crippen molar-refractivity contribution in [3.05, 3.63) is 0 Å². The van der Waals surface area contributed by atoms with Gasteiger partial charge in [0.05, 0.1) is 12.6 Å². The summed E-state index contributed by atoms with van der Waals surface area (Å²) < 4.78 is 31.4. The first kappa shape index (κ1) is 10.3. The van der Waals surface area contributed by atoms with Gasteiger partial charge in [-0.3, -0.25) is 0 Å². The van der Waals surface area contributed by atoms with Crippen LogP contribution in [0.2, 0.25) is 0 Å². The summed E-state index contributed by atoms with van der Waals surface area (Å²) in [6.45, 7) is -0.651. The molecule has 2 aliphatic carbocycles. The van der Waals surface area contributed by atoms with E-state index < -0.39 is 12.5 Å². The lowest BCUT2D eigenvalue weighted by molar-refractivity contribution is -0.113. The molecule has 2 saturated carbocycles. The van der Waals surface area contributed by atoms with Crippen molar-refractivity contribution in [2.24, 2.45) is 0 Å². The van der Waals surface area contributed by atoms with E-state index in [0.717, 1.165) is 32.1 Å². The number of nitrogens with one attached hydrogen (secondary N) is 1.